The Morgan fingerprint density at radius 3 is 1.75 bits per heavy atom. The number of hydrogen-bond donors (Lipinski definition) is 3. The van der Waals surface area contributed by atoms with Gasteiger partial charge < -0.3 is 18.1 Å². The van der Waals surface area contributed by atoms with Crippen LogP contribution in [0.15, 0.2) is 120 Å². The molecule has 1 aliphatic rings. The molecule has 0 spiro atoms. The summed E-state index contributed by atoms with van der Waals surface area (Å²) >= 11 is 8.17. The van der Waals surface area contributed by atoms with Crippen molar-refractivity contribution in [2.24, 2.45) is 10.7 Å². The Morgan fingerprint density at radius 2 is 1.25 bits per heavy atom. The number of hydrogen-bond acceptors (Lipinski definition) is 3. The summed E-state index contributed by atoms with van der Waals surface area (Å²) in [6.45, 7) is 0.676. The Kier molecular flexibility index (Phi) is 11.3. The number of nitrogens with zero attached hydrogens (tertiary/aromatic N) is 2. The van der Waals surface area contributed by atoms with Crippen LogP contribution in [0.5, 0.6) is 5.75 Å². The summed E-state index contributed by atoms with van der Waals surface area (Å²) in [5.41, 5.74) is 7.00. The number of benzene rings is 4. The Hall–Kier alpha value is -3.57. The molecule has 0 bridgehead atoms. The Balaban J connectivity index is 0.00000442. The van der Waals surface area contributed by atoms with Crippen LogP contribution in [-0.2, 0) is 0 Å². The van der Waals surface area contributed by atoms with Gasteiger partial charge >= 0.3 is 215 Å². The quantitative estimate of drug-likeness (QED) is 0.125. The van der Waals surface area contributed by atoms with Gasteiger partial charge in [-0.2, -0.15) is 4.99 Å². The second-order valence-corrected chi connectivity index (χ2v) is 17.8. The molecule has 9 heteroatoms. The molecule has 0 aliphatic carbocycles. The summed E-state index contributed by atoms with van der Waals surface area (Å²) < 4.78 is 8.02. The first-order valence-corrected chi connectivity index (χ1v) is 18.2. The molecule has 1 heterocycles. The average molecular weight is 651 g/mol. The van der Waals surface area contributed by atoms with Crippen LogP contribution in [0.3, 0.4) is 0 Å². The van der Waals surface area contributed by atoms with Gasteiger partial charge in [-0.15, -0.1) is 0 Å². The van der Waals surface area contributed by atoms with E-state index in [1.165, 1.54) is 15.9 Å². The van der Waals surface area contributed by atoms with Crippen LogP contribution in [0, 0.1) is 0 Å². The molecule has 4 N–H and O–H groups in total. The van der Waals surface area contributed by atoms with Crippen LogP contribution in [-0.4, -0.2) is 43.4 Å². The van der Waals surface area contributed by atoms with Crippen LogP contribution < -0.4 is 49.4 Å². The first kappa shape index (κ1) is 33.3. The second kappa shape index (κ2) is 14.9. The van der Waals surface area contributed by atoms with Gasteiger partial charge in [0.2, 0.25) is 0 Å². The number of guanidine groups is 2. The van der Waals surface area contributed by atoms with E-state index in [1.54, 1.807) is 0 Å². The van der Waals surface area contributed by atoms with Crippen LogP contribution >= 0.6 is 17.2 Å². The van der Waals surface area contributed by atoms with E-state index < -0.39 is 5.96 Å². The molecule has 4 aromatic rings. The predicted octanol–water partition coefficient (Wildman–Crippen LogP) is 2.45. The van der Waals surface area contributed by atoms with Crippen LogP contribution in [0.4, 0.5) is 0 Å². The van der Waals surface area contributed by atoms with Crippen LogP contribution in [0.25, 0.3) is 0 Å². The van der Waals surface area contributed by atoms with Crippen LogP contribution in [0.1, 0.15) is 37.4 Å². The number of rotatable bonds is 12. The van der Waals surface area contributed by atoms with E-state index >= 15 is 0 Å². The van der Waals surface area contributed by atoms with E-state index in [0.29, 0.717) is 12.6 Å². The van der Waals surface area contributed by atoms with E-state index in [9.17, 15) is 0 Å². The van der Waals surface area contributed by atoms with E-state index in [4.69, 9.17) is 21.7 Å². The smallest absolute Gasteiger partial charge is 0.251 e. The van der Waals surface area contributed by atoms with Crippen molar-refractivity contribution in [1.29, 1.82) is 0 Å². The summed E-state index contributed by atoms with van der Waals surface area (Å²) in [5, 5.41) is 10.1. The number of aliphatic imine (C=N–C) groups is 1. The van der Waals surface area contributed by atoms with Gasteiger partial charge in [-0.1, -0.05) is 0 Å². The number of halogens is 2. The molecule has 0 amide bonds. The zero-order valence-corrected chi connectivity index (χ0v) is 27.8. The predicted molar refractivity (Wildman–Crippen MR) is 184 cm³/mol. The van der Waals surface area contributed by atoms with Gasteiger partial charge in [0.25, 0.3) is 5.96 Å². The van der Waals surface area contributed by atoms with E-state index in [1.807, 2.05) is 42.9 Å². The van der Waals surface area contributed by atoms with Gasteiger partial charge in [0, 0.05) is 0 Å². The maximum atomic E-state index is 8.17. The summed E-state index contributed by atoms with van der Waals surface area (Å²) in [5.74, 6) is -1.12. The second-order valence-electron chi connectivity index (χ2n) is 11.2. The van der Waals surface area contributed by atoms with Gasteiger partial charge in [-0.25, -0.2) is 5.32 Å². The van der Waals surface area contributed by atoms with Crippen molar-refractivity contribution in [1.82, 2.24) is 10.6 Å². The van der Waals surface area contributed by atoms with Gasteiger partial charge in [0.15, 0.2) is 0 Å². The van der Waals surface area contributed by atoms with Gasteiger partial charge in [-0.05, 0) is 0 Å². The molecule has 44 heavy (non-hydrogen) atoms. The molecule has 0 aromatic heterocycles. The van der Waals surface area contributed by atoms with Gasteiger partial charge in [0.05, 0.1) is 14.1 Å². The first-order valence-electron chi connectivity index (χ1n) is 14.9. The third-order valence-electron chi connectivity index (χ3n) is 8.06. The molecule has 6 nitrogen and oxygen atoms in total. The zero-order chi connectivity index (χ0) is 30.1. The van der Waals surface area contributed by atoms with E-state index in [0.717, 1.165) is 49.1 Å². The first-order chi connectivity index (χ1) is 20.9. The van der Waals surface area contributed by atoms with Crippen molar-refractivity contribution in [2.45, 2.75) is 31.8 Å². The molecule has 1 atom stereocenters. The third kappa shape index (κ3) is 7.21. The summed E-state index contributed by atoms with van der Waals surface area (Å²) in [7, 11) is 3.90. The fraction of sp³-hybridized carbons (Fsp3) is 0.257. The molecule has 5 rings (SSSR count). The SMILES string of the molecule is C[N+](C)=C1NC(N)=NC(c2ccc(OCCCCCCP(Cl)(c3ccccc3)(c3ccccc3)c3ccccc3)cc2)N1.[Cl-]. The zero-order valence-electron chi connectivity index (χ0n) is 25.4. The molecule has 0 saturated carbocycles. The van der Waals surface area contributed by atoms with Crippen molar-refractivity contribution in [2.75, 3.05) is 26.9 Å². The third-order valence-corrected chi connectivity index (χ3v) is 15.6. The number of nitrogens with two attached hydrogens (primary N) is 1. The molecule has 1 unspecified atom stereocenters. The van der Waals surface area contributed by atoms with Gasteiger partial charge in [-0.3, -0.25) is 9.89 Å². The normalized spacial score (nSPS) is 15.4. The van der Waals surface area contributed by atoms with E-state index in [2.05, 4.69) is 107 Å². The summed E-state index contributed by atoms with van der Waals surface area (Å²) in [6.07, 6.45) is 4.86. The molecule has 0 radical (unpaired) electrons. The average Bonchev–Trinajstić information content (AvgIpc) is 3.05. The van der Waals surface area contributed by atoms with Crippen molar-refractivity contribution < 1.29 is 21.7 Å². The molecule has 0 saturated heterocycles. The monoisotopic (exact) mass is 649 g/mol. The molecular formula is C35H42Cl2N5OP. The fourth-order valence-corrected chi connectivity index (χ4v) is 12.0. The van der Waals surface area contributed by atoms with Crippen LogP contribution in [0.2, 0.25) is 0 Å². The number of ether oxygens (including phenoxy) is 1. The van der Waals surface area contributed by atoms with Crippen molar-refractivity contribution in [3.8, 4) is 5.75 Å². The van der Waals surface area contributed by atoms with Crippen molar-refractivity contribution in [3.63, 3.8) is 0 Å². The molecule has 232 valence electrons. The Bertz CT molecular complexity index is 1450. The molecular weight excluding hydrogens is 608 g/mol. The van der Waals surface area contributed by atoms with Crippen molar-refractivity contribution in [3.05, 3.63) is 121 Å². The van der Waals surface area contributed by atoms with Gasteiger partial charge in [0.1, 0.15) is 0 Å². The topological polar surface area (TPSA) is 74.7 Å². The maximum absolute atomic E-state index is 8.17. The molecule has 4 aromatic carbocycles. The summed E-state index contributed by atoms with van der Waals surface area (Å²) in [4.78, 5) is 4.48. The maximum Gasteiger partial charge on any atom is -0.251 e. The number of unbranched alkanes of at least 4 members (excludes halogenated alkanes) is 3. The molecule has 1 aliphatic heterocycles. The molecule has 0 fully saturated rings. The fourth-order valence-electron chi connectivity index (χ4n) is 5.74. The standard InChI is InChI=1S/C35H41ClN5OP.ClH/c1-41(2)35-39-33(38-34(37)40-35)28-22-24-29(25-23-28)42-26-14-3-4-15-27-43(36,30-16-8-5-9-17-30,31-18-10-6-11-19-31)32-20-12-7-13-21-32;/h5-13,16-25,33H,3-4,14-15,26-27H2,1-2H3,(H3,37,38,39,40);1H. The minimum absolute atomic E-state index is 0. The minimum Gasteiger partial charge on any atom is -1.00 e. The Morgan fingerprint density at radius 1 is 0.750 bits per heavy atom. The largest absolute Gasteiger partial charge is 1.00 e. The van der Waals surface area contributed by atoms with E-state index in [-0.39, 0.29) is 18.6 Å². The summed E-state index contributed by atoms with van der Waals surface area (Å²) in [6, 6.07) is 40.2. The Labute approximate surface area is 272 Å². The van der Waals surface area contributed by atoms with Crippen molar-refractivity contribution >= 4 is 45.0 Å². The number of nitrogens with one attached hydrogen (secondary N) is 2. The minimum atomic E-state index is -3.18.